The molecule has 2 aromatic rings. The number of halogens is 1. The Morgan fingerprint density at radius 1 is 1.41 bits per heavy atom. The third-order valence-corrected chi connectivity index (χ3v) is 3.66. The highest BCUT2D eigenvalue weighted by Crippen LogP contribution is 2.29. The van der Waals surface area contributed by atoms with E-state index in [1.807, 2.05) is 0 Å². The first-order chi connectivity index (χ1) is 10.7. The lowest BCUT2D eigenvalue weighted by atomic mass is 10.2. The zero-order valence-electron chi connectivity index (χ0n) is 11.9. The van der Waals surface area contributed by atoms with E-state index in [-0.39, 0.29) is 12.0 Å². The Hall–Kier alpha value is -1.98. The lowest BCUT2D eigenvalue weighted by molar-refractivity contribution is 0.0682. The van der Waals surface area contributed by atoms with Crippen molar-refractivity contribution in [2.24, 2.45) is 0 Å². The maximum absolute atomic E-state index is 12.1. The number of nitrogens with one attached hydrogen (secondary N) is 1. The summed E-state index contributed by atoms with van der Waals surface area (Å²) in [6, 6.07) is 6.71. The second kappa shape index (κ2) is 6.85. The van der Waals surface area contributed by atoms with Gasteiger partial charge in [0.2, 0.25) is 0 Å². The van der Waals surface area contributed by atoms with E-state index in [4.69, 9.17) is 25.5 Å². The van der Waals surface area contributed by atoms with Crippen LogP contribution in [0.25, 0.3) is 0 Å². The van der Waals surface area contributed by atoms with Crippen molar-refractivity contribution in [3.63, 3.8) is 0 Å². The second-order valence-electron chi connectivity index (χ2n) is 5.05. The van der Waals surface area contributed by atoms with Crippen molar-refractivity contribution < 1.29 is 18.7 Å². The third kappa shape index (κ3) is 3.61. The number of rotatable bonds is 5. The van der Waals surface area contributed by atoms with E-state index in [2.05, 4.69) is 5.32 Å². The summed E-state index contributed by atoms with van der Waals surface area (Å²) in [7, 11) is 0. The average molecular weight is 322 g/mol. The van der Waals surface area contributed by atoms with Gasteiger partial charge in [-0.05, 0) is 37.1 Å². The zero-order valence-corrected chi connectivity index (χ0v) is 12.6. The molecule has 116 valence electrons. The molecule has 6 heteroatoms. The summed E-state index contributed by atoms with van der Waals surface area (Å²) >= 11 is 6.00. The van der Waals surface area contributed by atoms with Gasteiger partial charge in [0, 0.05) is 11.6 Å². The average Bonchev–Trinajstić information content (AvgIpc) is 3.20. The van der Waals surface area contributed by atoms with Gasteiger partial charge in [0.05, 0.1) is 23.6 Å². The minimum Gasteiger partial charge on any atom is -0.489 e. The molecule has 1 atom stereocenters. The van der Waals surface area contributed by atoms with Crippen LogP contribution in [0.4, 0.5) is 5.69 Å². The number of carbonyl (C=O) groups is 1. The molecule has 0 radical (unpaired) electrons. The molecule has 0 bridgehead atoms. The Morgan fingerprint density at radius 2 is 2.32 bits per heavy atom. The maximum Gasteiger partial charge on any atom is 0.259 e. The van der Waals surface area contributed by atoms with Crippen molar-refractivity contribution in [1.29, 1.82) is 0 Å². The molecule has 1 aliphatic heterocycles. The van der Waals surface area contributed by atoms with Crippen LogP contribution in [-0.2, 0) is 4.74 Å². The van der Waals surface area contributed by atoms with Crippen LogP contribution in [0.2, 0.25) is 5.02 Å². The number of amides is 1. The van der Waals surface area contributed by atoms with Gasteiger partial charge in [-0.25, -0.2) is 0 Å². The Morgan fingerprint density at radius 3 is 3.05 bits per heavy atom. The standard InChI is InChI=1S/C16H16ClNO4/c17-12-3-4-15(22-10-13-2-1-6-21-13)14(8-12)18-16(19)11-5-7-20-9-11/h3-5,7-9,13H,1-2,6,10H2,(H,18,19)/t13-/m0/s1. The molecule has 1 aromatic carbocycles. The van der Waals surface area contributed by atoms with Crippen LogP contribution in [0.3, 0.4) is 0 Å². The van der Waals surface area contributed by atoms with E-state index >= 15 is 0 Å². The Balaban J connectivity index is 1.71. The third-order valence-electron chi connectivity index (χ3n) is 3.42. The number of furan rings is 1. The van der Waals surface area contributed by atoms with Gasteiger partial charge in [0.25, 0.3) is 5.91 Å². The van der Waals surface area contributed by atoms with Crippen LogP contribution in [0.15, 0.2) is 41.2 Å². The molecule has 0 unspecified atom stereocenters. The molecule has 1 N–H and O–H groups in total. The number of ether oxygens (including phenoxy) is 2. The summed E-state index contributed by atoms with van der Waals surface area (Å²) in [4.78, 5) is 12.1. The molecular formula is C16H16ClNO4. The van der Waals surface area contributed by atoms with Crippen LogP contribution >= 0.6 is 11.6 Å². The van der Waals surface area contributed by atoms with Gasteiger partial charge in [0.1, 0.15) is 18.6 Å². The fraction of sp³-hybridized carbons (Fsp3) is 0.312. The quantitative estimate of drug-likeness (QED) is 0.911. The summed E-state index contributed by atoms with van der Waals surface area (Å²) < 4.78 is 16.2. The van der Waals surface area contributed by atoms with Gasteiger partial charge in [-0.3, -0.25) is 4.79 Å². The van der Waals surface area contributed by atoms with Crippen LogP contribution in [0.1, 0.15) is 23.2 Å². The first kappa shape index (κ1) is 14.9. The maximum atomic E-state index is 12.1. The van der Waals surface area contributed by atoms with Gasteiger partial charge in [-0.1, -0.05) is 11.6 Å². The van der Waals surface area contributed by atoms with Crippen molar-refractivity contribution in [3.05, 3.63) is 47.4 Å². The number of carbonyl (C=O) groups excluding carboxylic acids is 1. The van der Waals surface area contributed by atoms with E-state index in [1.54, 1.807) is 24.3 Å². The minimum atomic E-state index is -0.280. The summed E-state index contributed by atoms with van der Waals surface area (Å²) in [5, 5.41) is 3.30. The molecule has 1 aromatic heterocycles. The summed E-state index contributed by atoms with van der Waals surface area (Å²) in [5.74, 6) is 0.287. The van der Waals surface area contributed by atoms with E-state index in [1.165, 1.54) is 12.5 Å². The molecule has 1 fully saturated rings. The van der Waals surface area contributed by atoms with E-state index < -0.39 is 0 Å². The number of anilines is 1. The molecule has 2 heterocycles. The fourth-order valence-electron chi connectivity index (χ4n) is 2.27. The molecule has 1 amide bonds. The normalized spacial score (nSPS) is 17.4. The first-order valence-corrected chi connectivity index (χ1v) is 7.47. The molecule has 0 aliphatic carbocycles. The van der Waals surface area contributed by atoms with Gasteiger partial charge >= 0.3 is 0 Å². The van der Waals surface area contributed by atoms with Gasteiger partial charge in [-0.2, -0.15) is 0 Å². The number of hydrogen-bond acceptors (Lipinski definition) is 4. The van der Waals surface area contributed by atoms with Crippen LogP contribution in [0, 0.1) is 0 Å². The van der Waals surface area contributed by atoms with Crippen molar-refractivity contribution in [3.8, 4) is 5.75 Å². The minimum absolute atomic E-state index is 0.105. The summed E-state index contributed by atoms with van der Waals surface area (Å²) in [5.41, 5.74) is 0.960. The second-order valence-corrected chi connectivity index (χ2v) is 5.49. The van der Waals surface area contributed by atoms with Crippen LogP contribution in [-0.4, -0.2) is 25.2 Å². The largest absolute Gasteiger partial charge is 0.489 e. The lowest BCUT2D eigenvalue weighted by Crippen LogP contribution is -2.18. The Bertz CT molecular complexity index is 636. The number of hydrogen-bond donors (Lipinski definition) is 1. The van der Waals surface area contributed by atoms with Crippen molar-refractivity contribution in [1.82, 2.24) is 0 Å². The monoisotopic (exact) mass is 321 g/mol. The molecule has 1 saturated heterocycles. The summed E-state index contributed by atoms with van der Waals surface area (Å²) in [6.45, 7) is 1.23. The predicted octanol–water partition coefficient (Wildman–Crippen LogP) is 3.74. The van der Waals surface area contributed by atoms with Crippen molar-refractivity contribution in [2.75, 3.05) is 18.5 Å². The van der Waals surface area contributed by atoms with E-state index in [0.29, 0.717) is 28.6 Å². The highest BCUT2D eigenvalue weighted by molar-refractivity contribution is 6.31. The summed E-state index contributed by atoms with van der Waals surface area (Å²) in [6.07, 6.45) is 4.98. The molecule has 0 saturated carbocycles. The predicted molar refractivity (Wildman–Crippen MR) is 82.6 cm³/mol. The highest BCUT2D eigenvalue weighted by atomic mass is 35.5. The van der Waals surface area contributed by atoms with Crippen LogP contribution < -0.4 is 10.1 Å². The molecular weight excluding hydrogens is 306 g/mol. The Labute approximate surface area is 133 Å². The zero-order chi connectivity index (χ0) is 15.4. The van der Waals surface area contributed by atoms with Crippen molar-refractivity contribution in [2.45, 2.75) is 18.9 Å². The molecule has 0 spiro atoms. The lowest BCUT2D eigenvalue weighted by Gasteiger charge is -2.15. The van der Waals surface area contributed by atoms with Gasteiger partial charge < -0.3 is 19.2 Å². The van der Waals surface area contributed by atoms with Gasteiger partial charge in [-0.15, -0.1) is 0 Å². The topological polar surface area (TPSA) is 60.7 Å². The fourth-order valence-corrected chi connectivity index (χ4v) is 2.44. The first-order valence-electron chi connectivity index (χ1n) is 7.10. The molecule has 5 nitrogen and oxygen atoms in total. The molecule has 22 heavy (non-hydrogen) atoms. The van der Waals surface area contributed by atoms with E-state index in [0.717, 1.165) is 19.4 Å². The van der Waals surface area contributed by atoms with E-state index in [9.17, 15) is 4.79 Å². The highest BCUT2D eigenvalue weighted by Gasteiger charge is 2.18. The van der Waals surface area contributed by atoms with Crippen LogP contribution in [0.5, 0.6) is 5.75 Å². The SMILES string of the molecule is O=C(Nc1cc(Cl)ccc1OC[C@@H]1CCCO1)c1ccoc1. The van der Waals surface area contributed by atoms with Gasteiger partial charge in [0.15, 0.2) is 0 Å². The van der Waals surface area contributed by atoms with Crippen molar-refractivity contribution >= 4 is 23.2 Å². The smallest absolute Gasteiger partial charge is 0.259 e. The molecule has 1 aliphatic rings. The number of benzene rings is 1. The Kier molecular flexibility index (Phi) is 4.65. The molecule has 3 rings (SSSR count).